The summed E-state index contributed by atoms with van der Waals surface area (Å²) in [7, 11) is 0. The molecule has 21 heavy (non-hydrogen) atoms. The fraction of sp³-hybridized carbons (Fsp3) is 0.667. The Hall–Kier alpha value is -0.930. The van der Waals surface area contributed by atoms with Crippen molar-refractivity contribution in [2.75, 3.05) is 26.4 Å². The summed E-state index contributed by atoms with van der Waals surface area (Å²) in [5.41, 5.74) is 2.86. The molecule has 1 aromatic carbocycles. The van der Waals surface area contributed by atoms with Crippen LogP contribution in [-0.4, -0.2) is 37.3 Å². The first-order valence-corrected chi connectivity index (χ1v) is 8.39. The monoisotopic (exact) mass is 291 g/mol. The lowest BCUT2D eigenvalue weighted by atomic mass is 9.84. The highest BCUT2D eigenvalue weighted by Crippen LogP contribution is 2.37. The quantitative estimate of drug-likeness (QED) is 0.737. The van der Waals surface area contributed by atoms with Crippen molar-refractivity contribution in [3.05, 3.63) is 35.4 Å². The molecule has 2 atom stereocenters. The third-order valence-corrected chi connectivity index (χ3v) is 4.89. The van der Waals surface area contributed by atoms with E-state index in [2.05, 4.69) is 29.2 Å². The number of halogens is 1. The minimum absolute atomic E-state index is 0.168. The van der Waals surface area contributed by atoms with Gasteiger partial charge in [-0.3, -0.25) is 9.29 Å². The fourth-order valence-corrected chi connectivity index (χ4v) is 3.78. The molecule has 3 heteroatoms. The van der Waals surface area contributed by atoms with E-state index in [-0.39, 0.29) is 12.8 Å². The number of nitrogens with zero attached hydrogens (tertiary/aromatic N) is 1. The molecule has 0 N–H and O–H groups in total. The topological polar surface area (TPSA) is 12.5 Å². The van der Waals surface area contributed by atoms with Crippen LogP contribution in [0.5, 0.6) is 0 Å². The van der Waals surface area contributed by atoms with E-state index in [9.17, 15) is 4.39 Å². The van der Waals surface area contributed by atoms with Crippen molar-refractivity contribution < 1.29 is 9.13 Å². The number of unbranched alkanes of at least 4 members (excludes halogenated alkanes) is 3. The van der Waals surface area contributed by atoms with Gasteiger partial charge >= 0.3 is 0 Å². The molecule has 2 unspecified atom stereocenters. The van der Waals surface area contributed by atoms with E-state index in [1.54, 1.807) is 0 Å². The van der Waals surface area contributed by atoms with Crippen molar-refractivity contribution >= 4 is 0 Å². The molecule has 116 valence electrons. The van der Waals surface area contributed by atoms with Crippen molar-refractivity contribution in [2.24, 2.45) is 0 Å². The third-order valence-electron chi connectivity index (χ3n) is 4.89. The van der Waals surface area contributed by atoms with Crippen molar-refractivity contribution in [1.82, 2.24) is 4.90 Å². The van der Waals surface area contributed by atoms with Crippen LogP contribution in [0, 0.1) is 0 Å². The first kappa shape index (κ1) is 15.0. The van der Waals surface area contributed by atoms with Gasteiger partial charge in [0.25, 0.3) is 0 Å². The Morgan fingerprint density at radius 3 is 2.90 bits per heavy atom. The van der Waals surface area contributed by atoms with Gasteiger partial charge in [0.2, 0.25) is 0 Å². The smallest absolute Gasteiger partial charge is 0.0983 e. The van der Waals surface area contributed by atoms with Crippen molar-refractivity contribution in [3.63, 3.8) is 0 Å². The van der Waals surface area contributed by atoms with Gasteiger partial charge < -0.3 is 4.74 Å². The summed E-state index contributed by atoms with van der Waals surface area (Å²) in [4.78, 5) is 2.61. The molecule has 1 fully saturated rings. The summed E-state index contributed by atoms with van der Waals surface area (Å²) in [5, 5.41) is 0. The van der Waals surface area contributed by atoms with Gasteiger partial charge in [-0.2, -0.15) is 0 Å². The number of morpholine rings is 1. The summed E-state index contributed by atoms with van der Waals surface area (Å²) in [6.45, 7) is 2.85. The lowest BCUT2D eigenvalue weighted by molar-refractivity contribution is -0.0806. The average molecular weight is 291 g/mol. The highest BCUT2D eigenvalue weighted by molar-refractivity contribution is 5.33. The van der Waals surface area contributed by atoms with Crippen LogP contribution >= 0.6 is 0 Å². The SMILES string of the molecule is FCCCCCCN1CCOC2c3ccccc3CCC21. The molecule has 0 spiro atoms. The first-order chi connectivity index (χ1) is 10.4. The van der Waals surface area contributed by atoms with Crippen LogP contribution in [0.15, 0.2) is 24.3 Å². The number of hydrogen-bond donors (Lipinski definition) is 0. The molecule has 1 aromatic rings. The Kier molecular flexibility index (Phi) is 5.26. The molecule has 1 aliphatic carbocycles. The maximum Gasteiger partial charge on any atom is 0.0983 e. The molecular weight excluding hydrogens is 265 g/mol. The summed E-state index contributed by atoms with van der Waals surface area (Å²) in [6, 6.07) is 9.27. The lowest BCUT2D eigenvalue weighted by Crippen LogP contribution is -2.49. The molecular formula is C18H26FNO. The number of hydrogen-bond acceptors (Lipinski definition) is 2. The van der Waals surface area contributed by atoms with Crippen LogP contribution in [0.3, 0.4) is 0 Å². The van der Waals surface area contributed by atoms with Crippen LogP contribution in [0.4, 0.5) is 4.39 Å². The zero-order chi connectivity index (χ0) is 14.5. The number of ether oxygens (including phenoxy) is 1. The molecule has 0 aromatic heterocycles. The standard InChI is InChI=1S/C18H26FNO/c19-11-5-1-2-6-12-20-13-14-21-18-16-8-4-3-7-15(16)9-10-17(18)20/h3-4,7-8,17-18H,1-2,5-6,9-14H2. The van der Waals surface area contributed by atoms with Gasteiger partial charge in [0.1, 0.15) is 0 Å². The van der Waals surface area contributed by atoms with Crippen LogP contribution in [0.2, 0.25) is 0 Å². The minimum Gasteiger partial charge on any atom is -0.371 e. The minimum atomic E-state index is -0.168. The van der Waals surface area contributed by atoms with E-state index in [4.69, 9.17) is 4.74 Å². The molecule has 0 bridgehead atoms. The highest BCUT2D eigenvalue weighted by atomic mass is 19.1. The van der Waals surface area contributed by atoms with Gasteiger partial charge in [0, 0.05) is 12.6 Å². The van der Waals surface area contributed by atoms with E-state index in [0.717, 1.165) is 39.0 Å². The molecule has 1 aliphatic heterocycles. The molecule has 1 heterocycles. The second-order valence-electron chi connectivity index (χ2n) is 6.24. The summed E-state index contributed by atoms with van der Waals surface area (Å²) in [5.74, 6) is 0. The van der Waals surface area contributed by atoms with Crippen LogP contribution < -0.4 is 0 Å². The van der Waals surface area contributed by atoms with E-state index in [1.165, 1.54) is 30.4 Å². The van der Waals surface area contributed by atoms with Crippen molar-refractivity contribution in [3.8, 4) is 0 Å². The fourth-order valence-electron chi connectivity index (χ4n) is 3.78. The molecule has 0 amide bonds. The second-order valence-corrected chi connectivity index (χ2v) is 6.24. The van der Waals surface area contributed by atoms with E-state index >= 15 is 0 Å². The molecule has 2 aliphatic rings. The number of alkyl halides is 1. The lowest BCUT2D eigenvalue weighted by Gasteiger charge is -2.44. The Morgan fingerprint density at radius 1 is 1.14 bits per heavy atom. The normalized spacial score (nSPS) is 25.4. The van der Waals surface area contributed by atoms with E-state index in [0.29, 0.717) is 6.04 Å². The van der Waals surface area contributed by atoms with Gasteiger partial charge in [0.15, 0.2) is 0 Å². The van der Waals surface area contributed by atoms with E-state index < -0.39 is 0 Å². The zero-order valence-corrected chi connectivity index (χ0v) is 12.8. The first-order valence-electron chi connectivity index (χ1n) is 8.39. The van der Waals surface area contributed by atoms with E-state index in [1.807, 2.05) is 0 Å². The highest BCUT2D eigenvalue weighted by Gasteiger charge is 2.36. The second kappa shape index (κ2) is 7.37. The maximum atomic E-state index is 12.1. The Bertz CT molecular complexity index is 451. The molecule has 0 saturated carbocycles. The predicted molar refractivity (Wildman–Crippen MR) is 83.3 cm³/mol. The van der Waals surface area contributed by atoms with Crippen molar-refractivity contribution in [1.29, 1.82) is 0 Å². The Morgan fingerprint density at radius 2 is 2.00 bits per heavy atom. The third kappa shape index (κ3) is 3.46. The van der Waals surface area contributed by atoms with Gasteiger partial charge in [-0.1, -0.05) is 37.1 Å². The molecule has 0 radical (unpaired) electrons. The maximum absolute atomic E-state index is 12.1. The predicted octanol–water partition coefficient (Wildman–Crippen LogP) is 3.90. The largest absolute Gasteiger partial charge is 0.371 e. The van der Waals surface area contributed by atoms with Gasteiger partial charge in [-0.05, 0) is 43.4 Å². The summed E-state index contributed by atoms with van der Waals surface area (Å²) >= 11 is 0. The number of rotatable bonds is 6. The Labute approximate surface area is 127 Å². The summed E-state index contributed by atoms with van der Waals surface area (Å²) in [6.07, 6.45) is 6.71. The number of aryl methyl sites for hydroxylation is 1. The van der Waals surface area contributed by atoms with Gasteiger partial charge in [-0.25, -0.2) is 0 Å². The van der Waals surface area contributed by atoms with Gasteiger partial charge in [-0.15, -0.1) is 0 Å². The number of benzene rings is 1. The van der Waals surface area contributed by atoms with Crippen LogP contribution in [0.1, 0.15) is 49.3 Å². The van der Waals surface area contributed by atoms with Gasteiger partial charge in [0.05, 0.1) is 19.4 Å². The summed E-state index contributed by atoms with van der Waals surface area (Å²) < 4.78 is 18.2. The molecule has 3 rings (SSSR count). The molecule has 2 nitrogen and oxygen atoms in total. The molecule has 1 saturated heterocycles. The number of fused-ring (bicyclic) bond motifs is 3. The van der Waals surface area contributed by atoms with Crippen LogP contribution in [0.25, 0.3) is 0 Å². The zero-order valence-electron chi connectivity index (χ0n) is 12.8. The Balaban J connectivity index is 1.59. The van der Waals surface area contributed by atoms with Crippen molar-refractivity contribution in [2.45, 2.75) is 50.7 Å². The van der Waals surface area contributed by atoms with Crippen LogP contribution in [-0.2, 0) is 11.2 Å². The average Bonchev–Trinajstić information content (AvgIpc) is 2.54.